The summed E-state index contributed by atoms with van der Waals surface area (Å²) in [5, 5.41) is 13.0. The Balaban J connectivity index is 1.22. The van der Waals surface area contributed by atoms with E-state index in [1.165, 1.54) is 0 Å². The second-order valence-corrected chi connectivity index (χ2v) is 9.85. The molecule has 2 aliphatic rings. The summed E-state index contributed by atoms with van der Waals surface area (Å²) in [5.74, 6) is -0.339. The van der Waals surface area contributed by atoms with Crippen molar-refractivity contribution in [3.05, 3.63) is 71.4 Å². The molecule has 1 aliphatic carbocycles. The largest absolute Gasteiger partial charge is 0.489 e. The van der Waals surface area contributed by atoms with Gasteiger partial charge >= 0.3 is 0 Å². The molecule has 0 unspecified atom stereocenters. The summed E-state index contributed by atoms with van der Waals surface area (Å²) in [5.41, 5.74) is 4.98. The Bertz CT molecular complexity index is 1320. The maximum Gasteiger partial charge on any atom is 0.251 e. The van der Waals surface area contributed by atoms with Crippen LogP contribution in [-0.2, 0) is 16.2 Å². The van der Waals surface area contributed by atoms with Gasteiger partial charge in [-0.1, -0.05) is 18.2 Å². The number of para-hydroxylation sites is 1. The third-order valence-corrected chi connectivity index (χ3v) is 7.01. The minimum absolute atomic E-state index is 0.0197. The third-order valence-electron chi connectivity index (χ3n) is 7.01. The molecule has 0 spiro atoms. The Hall–Kier alpha value is -3.98. The van der Waals surface area contributed by atoms with Gasteiger partial charge in [-0.2, -0.15) is 0 Å². The van der Waals surface area contributed by atoms with E-state index in [2.05, 4.69) is 10.3 Å². The number of carbonyl (C=O) groups is 3. The monoisotopic (exact) mass is 502 g/mol. The summed E-state index contributed by atoms with van der Waals surface area (Å²) in [4.78, 5) is 43.6. The maximum atomic E-state index is 13.0. The highest BCUT2D eigenvalue weighted by Gasteiger charge is 2.41. The summed E-state index contributed by atoms with van der Waals surface area (Å²) in [7, 11) is 0. The number of rotatable bonds is 8. The minimum atomic E-state index is -0.538. The van der Waals surface area contributed by atoms with Gasteiger partial charge in [-0.05, 0) is 56.2 Å². The van der Waals surface area contributed by atoms with Crippen LogP contribution >= 0.6 is 0 Å². The van der Waals surface area contributed by atoms with Crippen molar-refractivity contribution in [1.29, 1.82) is 0 Å². The van der Waals surface area contributed by atoms with Gasteiger partial charge in [-0.15, -0.1) is 0 Å². The van der Waals surface area contributed by atoms with Crippen molar-refractivity contribution in [2.45, 2.75) is 38.8 Å². The van der Waals surface area contributed by atoms with E-state index in [-0.39, 0.29) is 36.1 Å². The molecule has 3 amide bonds. The van der Waals surface area contributed by atoms with Crippen molar-refractivity contribution in [3.8, 4) is 5.75 Å². The van der Waals surface area contributed by atoms with Gasteiger partial charge in [0, 0.05) is 53.6 Å². The van der Waals surface area contributed by atoms with Crippen LogP contribution in [0, 0.1) is 18.8 Å². The molecule has 1 aliphatic heterocycles. The number of nitrogens with one attached hydrogen (secondary N) is 2. The van der Waals surface area contributed by atoms with E-state index in [1.807, 2.05) is 37.3 Å². The Labute approximate surface area is 214 Å². The highest BCUT2D eigenvalue weighted by molar-refractivity contribution is 5.94. The number of likely N-dealkylation sites (tertiary alicyclic amines) is 1. The fourth-order valence-electron chi connectivity index (χ4n) is 4.92. The number of aryl methyl sites for hydroxylation is 1. The molecule has 9 heteroatoms. The normalized spacial score (nSPS) is 19.0. The number of amides is 3. The number of hydrogen-bond acceptors (Lipinski definition) is 6. The zero-order valence-corrected chi connectivity index (χ0v) is 20.6. The van der Waals surface area contributed by atoms with Gasteiger partial charge in [0.2, 0.25) is 11.8 Å². The molecule has 3 aromatic rings. The van der Waals surface area contributed by atoms with Gasteiger partial charge < -0.3 is 15.0 Å². The zero-order chi connectivity index (χ0) is 25.9. The summed E-state index contributed by atoms with van der Waals surface area (Å²) >= 11 is 0. The number of carbonyl (C=O) groups excluding carboxylic acids is 3. The molecule has 1 saturated carbocycles. The van der Waals surface area contributed by atoms with Crippen molar-refractivity contribution in [3.63, 3.8) is 0 Å². The maximum absolute atomic E-state index is 13.0. The van der Waals surface area contributed by atoms with Crippen LogP contribution in [0.25, 0.3) is 10.9 Å². The smallest absolute Gasteiger partial charge is 0.251 e. The van der Waals surface area contributed by atoms with Crippen molar-refractivity contribution < 1.29 is 24.3 Å². The van der Waals surface area contributed by atoms with Gasteiger partial charge in [0.1, 0.15) is 12.4 Å². The van der Waals surface area contributed by atoms with Crippen LogP contribution in [0.4, 0.5) is 0 Å². The molecule has 192 valence electrons. The molecule has 2 atom stereocenters. The Morgan fingerprint density at radius 3 is 2.57 bits per heavy atom. The average molecular weight is 503 g/mol. The molecule has 9 nitrogen and oxygen atoms in total. The van der Waals surface area contributed by atoms with E-state index in [4.69, 9.17) is 9.94 Å². The first-order valence-corrected chi connectivity index (χ1v) is 12.5. The second-order valence-electron chi connectivity index (χ2n) is 9.85. The molecule has 2 aromatic carbocycles. The molecule has 2 fully saturated rings. The number of aromatic nitrogens is 1. The van der Waals surface area contributed by atoms with E-state index >= 15 is 0 Å². The predicted molar refractivity (Wildman–Crippen MR) is 136 cm³/mol. The van der Waals surface area contributed by atoms with E-state index < -0.39 is 5.91 Å². The van der Waals surface area contributed by atoms with Crippen LogP contribution in [0.1, 0.15) is 40.9 Å². The molecule has 0 bridgehead atoms. The number of pyridine rings is 1. The van der Waals surface area contributed by atoms with Crippen LogP contribution in [-0.4, -0.2) is 51.9 Å². The lowest BCUT2D eigenvalue weighted by Crippen LogP contribution is -2.42. The van der Waals surface area contributed by atoms with Gasteiger partial charge in [-0.25, -0.2) is 5.48 Å². The Morgan fingerprint density at radius 2 is 1.84 bits per heavy atom. The summed E-state index contributed by atoms with van der Waals surface area (Å²) in [6.07, 6.45) is 1.80. The number of nitrogens with zero attached hydrogens (tertiary/aromatic N) is 2. The van der Waals surface area contributed by atoms with Crippen molar-refractivity contribution in [2.75, 3.05) is 13.1 Å². The molecule has 1 aromatic heterocycles. The average Bonchev–Trinajstić information content (AvgIpc) is 3.69. The highest BCUT2D eigenvalue weighted by atomic mass is 16.5. The van der Waals surface area contributed by atoms with Crippen LogP contribution in [0.15, 0.2) is 54.6 Å². The summed E-state index contributed by atoms with van der Waals surface area (Å²) in [6.45, 7) is 3.06. The molecule has 2 heterocycles. The molecular weight excluding hydrogens is 472 g/mol. The minimum Gasteiger partial charge on any atom is -0.489 e. The topological polar surface area (TPSA) is 121 Å². The van der Waals surface area contributed by atoms with Gasteiger partial charge in [0.15, 0.2) is 0 Å². The van der Waals surface area contributed by atoms with Crippen LogP contribution < -0.4 is 15.5 Å². The predicted octanol–water partition coefficient (Wildman–Crippen LogP) is 2.98. The fourth-order valence-corrected chi connectivity index (χ4v) is 4.92. The number of hydrogen-bond donors (Lipinski definition) is 3. The van der Waals surface area contributed by atoms with Gasteiger partial charge in [-0.3, -0.25) is 24.6 Å². The first kappa shape index (κ1) is 24.7. The van der Waals surface area contributed by atoms with Gasteiger partial charge in [0.05, 0.1) is 11.6 Å². The van der Waals surface area contributed by atoms with E-state index in [0.717, 1.165) is 35.0 Å². The Morgan fingerprint density at radius 1 is 1.08 bits per heavy atom. The molecule has 5 rings (SSSR count). The molecule has 3 N–H and O–H groups in total. The van der Waals surface area contributed by atoms with Crippen LogP contribution in [0.2, 0.25) is 0 Å². The van der Waals surface area contributed by atoms with Crippen LogP contribution in [0.5, 0.6) is 5.75 Å². The highest BCUT2D eigenvalue weighted by Crippen LogP contribution is 2.33. The first-order valence-electron chi connectivity index (χ1n) is 12.5. The Kier molecular flexibility index (Phi) is 7.05. The SMILES string of the molecule is Cc1cc(COc2ccc(C(=O)N[C@@H]3CN(C(=O)C4CC4)C[C@@H]3CC(=O)NO)cc2)c2ccccc2n1. The molecule has 37 heavy (non-hydrogen) atoms. The zero-order valence-electron chi connectivity index (χ0n) is 20.6. The molecular formula is C28H30N4O5. The summed E-state index contributed by atoms with van der Waals surface area (Å²) in [6, 6.07) is 16.4. The van der Waals surface area contributed by atoms with E-state index in [9.17, 15) is 14.4 Å². The quantitative estimate of drug-likeness (QED) is 0.322. The lowest BCUT2D eigenvalue weighted by atomic mass is 9.99. The standard InChI is InChI=1S/C28H30N4O5/c1-17-12-21(23-4-2-3-5-24(23)29-17)16-37-22-10-8-18(9-11-22)27(34)30-25-15-32(28(35)19-6-7-19)14-20(25)13-26(33)31-36/h2-5,8-12,19-20,25,36H,6-7,13-16H2,1H3,(H,30,34)(H,31,33)/t20-,25+/m0/s1. The van der Waals surface area contributed by atoms with Crippen LogP contribution in [0.3, 0.4) is 0 Å². The van der Waals surface area contributed by atoms with Crippen molar-refractivity contribution in [2.24, 2.45) is 11.8 Å². The lowest BCUT2D eigenvalue weighted by molar-refractivity contribution is -0.133. The number of hydroxylamine groups is 1. The van der Waals surface area contributed by atoms with E-state index in [0.29, 0.717) is 31.0 Å². The molecule has 1 saturated heterocycles. The second kappa shape index (κ2) is 10.6. The number of ether oxygens (including phenoxy) is 1. The first-order chi connectivity index (χ1) is 17.9. The molecule has 0 radical (unpaired) electrons. The van der Waals surface area contributed by atoms with E-state index in [1.54, 1.807) is 34.6 Å². The summed E-state index contributed by atoms with van der Waals surface area (Å²) < 4.78 is 5.99. The van der Waals surface area contributed by atoms with Crippen molar-refractivity contribution >= 4 is 28.6 Å². The fraction of sp³-hybridized carbons (Fsp3) is 0.357. The van der Waals surface area contributed by atoms with Crippen molar-refractivity contribution in [1.82, 2.24) is 20.7 Å². The lowest BCUT2D eigenvalue weighted by Gasteiger charge is -2.19. The number of fused-ring (bicyclic) bond motifs is 1. The number of benzene rings is 2. The third kappa shape index (κ3) is 5.72. The van der Waals surface area contributed by atoms with Gasteiger partial charge in [0.25, 0.3) is 5.91 Å².